The maximum absolute atomic E-state index is 13.9. The van der Waals surface area contributed by atoms with Gasteiger partial charge in [0.25, 0.3) is 0 Å². The van der Waals surface area contributed by atoms with Gasteiger partial charge in [0.15, 0.2) is 0 Å². The van der Waals surface area contributed by atoms with Gasteiger partial charge in [0.2, 0.25) is 0 Å². The third kappa shape index (κ3) is 5.58. The molecule has 1 unspecified atom stereocenters. The minimum atomic E-state index is -3.06. The molecular formula is C13H19BrFNO2S. The van der Waals surface area contributed by atoms with E-state index in [-0.39, 0.29) is 17.6 Å². The molecule has 0 bridgehead atoms. The van der Waals surface area contributed by atoms with Crippen LogP contribution in [0.25, 0.3) is 0 Å². The highest BCUT2D eigenvalue weighted by molar-refractivity contribution is 9.10. The highest BCUT2D eigenvalue weighted by Gasteiger charge is 2.19. The van der Waals surface area contributed by atoms with Gasteiger partial charge in [-0.3, -0.25) is 0 Å². The lowest BCUT2D eigenvalue weighted by Crippen LogP contribution is -2.25. The van der Waals surface area contributed by atoms with E-state index in [9.17, 15) is 12.8 Å². The second kappa shape index (κ2) is 7.36. The molecule has 3 nitrogen and oxygen atoms in total. The monoisotopic (exact) mass is 351 g/mol. The first-order valence-corrected chi connectivity index (χ1v) is 9.05. The van der Waals surface area contributed by atoms with Crippen LogP contribution in [-0.4, -0.2) is 27.0 Å². The predicted molar refractivity (Wildman–Crippen MR) is 79.5 cm³/mol. The molecular weight excluding hydrogens is 333 g/mol. The third-order valence-electron chi connectivity index (χ3n) is 2.77. The van der Waals surface area contributed by atoms with Crippen molar-refractivity contribution in [3.05, 3.63) is 34.1 Å². The summed E-state index contributed by atoms with van der Waals surface area (Å²) in [5.41, 5.74) is 0.500. The molecule has 0 aromatic heterocycles. The van der Waals surface area contributed by atoms with Crippen molar-refractivity contribution in [3.8, 4) is 0 Å². The van der Waals surface area contributed by atoms with Crippen molar-refractivity contribution >= 4 is 25.8 Å². The molecule has 0 heterocycles. The molecule has 0 aliphatic carbocycles. The van der Waals surface area contributed by atoms with Crippen LogP contribution in [0.4, 0.5) is 4.39 Å². The number of sulfone groups is 1. The van der Waals surface area contributed by atoms with E-state index >= 15 is 0 Å². The normalized spacial score (nSPS) is 13.5. The van der Waals surface area contributed by atoms with Gasteiger partial charge >= 0.3 is 0 Å². The molecule has 0 saturated carbocycles. The van der Waals surface area contributed by atoms with Gasteiger partial charge in [-0.25, -0.2) is 12.8 Å². The van der Waals surface area contributed by atoms with Crippen molar-refractivity contribution in [2.75, 3.05) is 18.6 Å². The average molecular weight is 352 g/mol. The first kappa shape index (κ1) is 16.6. The summed E-state index contributed by atoms with van der Waals surface area (Å²) in [5.74, 6) is -0.286. The molecule has 0 fully saturated rings. The zero-order valence-corrected chi connectivity index (χ0v) is 13.5. The molecule has 0 saturated heterocycles. The summed E-state index contributed by atoms with van der Waals surface area (Å²) in [6.45, 7) is 2.73. The van der Waals surface area contributed by atoms with E-state index in [1.54, 1.807) is 12.1 Å². The van der Waals surface area contributed by atoms with Gasteiger partial charge in [-0.2, -0.15) is 0 Å². The molecule has 1 aromatic carbocycles. The lowest BCUT2D eigenvalue weighted by molar-refractivity contribution is 0.484. The number of halogens is 2. The van der Waals surface area contributed by atoms with Gasteiger partial charge < -0.3 is 5.32 Å². The first-order valence-electron chi connectivity index (χ1n) is 6.20. The van der Waals surface area contributed by atoms with Crippen molar-refractivity contribution in [2.24, 2.45) is 0 Å². The Labute approximate surface area is 122 Å². The van der Waals surface area contributed by atoms with E-state index in [0.717, 1.165) is 13.0 Å². The average Bonchev–Trinajstić information content (AvgIpc) is 2.30. The summed E-state index contributed by atoms with van der Waals surface area (Å²) in [4.78, 5) is 0. The van der Waals surface area contributed by atoms with Gasteiger partial charge in [0.1, 0.15) is 15.7 Å². The molecule has 0 aliphatic heterocycles. The highest BCUT2D eigenvalue weighted by Crippen LogP contribution is 2.28. The van der Waals surface area contributed by atoms with Crippen LogP contribution < -0.4 is 5.32 Å². The van der Waals surface area contributed by atoms with Crippen LogP contribution in [0.3, 0.4) is 0 Å². The minimum absolute atomic E-state index is 0.0369. The Hall–Kier alpha value is -0.460. The Morgan fingerprint density at radius 2 is 2.11 bits per heavy atom. The van der Waals surface area contributed by atoms with E-state index < -0.39 is 9.84 Å². The molecule has 0 radical (unpaired) electrons. The van der Waals surface area contributed by atoms with Crippen molar-refractivity contribution in [1.82, 2.24) is 5.32 Å². The van der Waals surface area contributed by atoms with Gasteiger partial charge in [0.05, 0.1) is 5.75 Å². The summed E-state index contributed by atoms with van der Waals surface area (Å²) in [5, 5.41) is 3.21. The van der Waals surface area contributed by atoms with Crippen LogP contribution >= 0.6 is 15.9 Å². The fourth-order valence-electron chi connectivity index (χ4n) is 1.84. The molecule has 0 amide bonds. The summed E-state index contributed by atoms with van der Waals surface area (Å²) >= 11 is 3.33. The minimum Gasteiger partial charge on any atom is -0.310 e. The van der Waals surface area contributed by atoms with Crippen molar-refractivity contribution in [3.63, 3.8) is 0 Å². The second-order valence-electron chi connectivity index (χ2n) is 4.56. The van der Waals surface area contributed by atoms with Gasteiger partial charge in [0, 0.05) is 22.3 Å². The summed E-state index contributed by atoms with van der Waals surface area (Å²) in [6, 6.07) is 4.47. The summed E-state index contributed by atoms with van der Waals surface area (Å²) < 4.78 is 37.1. The molecule has 19 heavy (non-hydrogen) atoms. The molecule has 1 aromatic rings. The quantitative estimate of drug-likeness (QED) is 0.820. The molecule has 6 heteroatoms. The zero-order valence-electron chi connectivity index (χ0n) is 11.1. The highest BCUT2D eigenvalue weighted by atomic mass is 79.9. The fraction of sp³-hybridized carbons (Fsp3) is 0.538. The van der Waals surface area contributed by atoms with Crippen LogP contribution in [0.2, 0.25) is 0 Å². The van der Waals surface area contributed by atoms with E-state index in [4.69, 9.17) is 0 Å². The number of nitrogens with one attached hydrogen (secondary N) is 1. The Morgan fingerprint density at radius 3 is 2.63 bits per heavy atom. The van der Waals surface area contributed by atoms with Crippen LogP contribution in [0.5, 0.6) is 0 Å². The predicted octanol–water partition coefficient (Wildman–Crippen LogP) is 3.06. The second-order valence-corrected chi connectivity index (χ2v) is 7.67. The van der Waals surface area contributed by atoms with Crippen LogP contribution in [-0.2, 0) is 9.84 Å². The Balaban J connectivity index is 2.95. The SMILES string of the molecule is CCCNC(CCS(C)(=O)=O)c1c(F)cccc1Br. The Kier molecular flexibility index (Phi) is 6.42. The van der Waals surface area contributed by atoms with E-state index in [1.807, 2.05) is 6.92 Å². The number of benzene rings is 1. The Bertz CT molecular complexity index is 499. The van der Waals surface area contributed by atoms with Crippen molar-refractivity contribution in [1.29, 1.82) is 0 Å². The topological polar surface area (TPSA) is 46.2 Å². The van der Waals surface area contributed by atoms with Crippen LogP contribution in [0.15, 0.2) is 22.7 Å². The molecule has 0 spiro atoms. The van der Waals surface area contributed by atoms with Gasteiger partial charge in [-0.15, -0.1) is 0 Å². The lowest BCUT2D eigenvalue weighted by atomic mass is 10.0. The van der Waals surface area contributed by atoms with E-state index in [0.29, 0.717) is 16.5 Å². The lowest BCUT2D eigenvalue weighted by Gasteiger charge is -2.20. The van der Waals surface area contributed by atoms with Crippen LogP contribution in [0.1, 0.15) is 31.4 Å². The van der Waals surface area contributed by atoms with Crippen molar-refractivity contribution < 1.29 is 12.8 Å². The zero-order chi connectivity index (χ0) is 14.5. The largest absolute Gasteiger partial charge is 0.310 e. The maximum atomic E-state index is 13.9. The number of rotatable bonds is 7. The molecule has 108 valence electrons. The summed E-state index contributed by atoms with van der Waals surface area (Å²) in [7, 11) is -3.06. The molecule has 0 aliphatic rings. The smallest absolute Gasteiger partial charge is 0.147 e. The number of hydrogen-bond donors (Lipinski definition) is 1. The van der Waals surface area contributed by atoms with Gasteiger partial charge in [-0.1, -0.05) is 28.9 Å². The first-order chi connectivity index (χ1) is 8.85. The number of hydrogen-bond acceptors (Lipinski definition) is 3. The molecule has 1 atom stereocenters. The third-order valence-corrected chi connectivity index (χ3v) is 4.44. The van der Waals surface area contributed by atoms with E-state index in [2.05, 4.69) is 21.2 Å². The Morgan fingerprint density at radius 1 is 1.42 bits per heavy atom. The standard InChI is InChI=1S/C13H19BrFNO2S/c1-3-8-16-12(7-9-19(2,17)18)13-10(14)5-4-6-11(13)15/h4-6,12,16H,3,7-9H2,1-2H3. The van der Waals surface area contributed by atoms with E-state index in [1.165, 1.54) is 12.3 Å². The maximum Gasteiger partial charge on any atom is 0.147 e. The summed E-state index contributed by atoms with van der Waals surface area (Å²) in [6.07, 6.45) is 2.46. The molecule has 1 N–H and O–H groups in total. The molecule has 1 rings (SSSR count). The van der Waals surface area contributed by atoms with Crippen molar-refractivity contribution in [2.45, 2.75) is 25.8 Å². The van der Waals surface area contributed by atoms with Gasteiger partial charge in [-0.05, 0) is 31.5 Å². The fourth-order valence-corrected chi connectivity index (χ4v) is 3.12. The van der Waals surface area contributed by atoms with Crippen LogP contribution in [0, 0.1) is 5.82 Å².